The molecule has 0 bridgehead atoms. The monoisotopic (exact) mass is 285 g/mol. The standard InChI is InChI=1S/C14H17F2NO3/c1-8(2)5-12(14(19)20)17-13(18)6-9-3-4-10(15)7-11(9)16/h3-4,7-8,12H,5-6H2,1-2H3,(H,17,18)(H,19,20)/t12-/m1/s1. The molecule has 2 N–H and O–H groups in total. The summed E-state index contributed by atoms with van der Waals surface area (Å²) < 4.78 is 26.1. The third kappa shape index (κ3) is 4.95. The molecule has 1 aromatic rings. The van der Waals surface area contributed by atoms with Crippen molar-refractivity contribution in [1.29, 1.82) is 0 Å². The van der Waals surface area contributed by atoms with Crippen molar-refractivity contribution in [1.82, 2.24) is 5.32 Å². The van der Waals surface area contributed by atoms with E-state index in [0.29, 0.717) is 6.07 Å². The first-order valence-electron chi connectivity index (χ1n) is 6.25. The number of aliphatic carboxylic acids is 1. The maximum atomic E-state index is 13.4. The molecular weight excluding hydrogens is 268 g/mol. The number of hydrogen-bond acceptors (Lipinski definition) is 2. The normalized spacial score (nSPS) is 12.2. The lowest BCUT2D eigenvalue weighted by Gasteiger charge is -2.16. The summed E-state index contributed by atoms with van der Waals surface area (Å²) in [5, 5.41) is 11.3. The molecule has 110 valence electrons. The fraction of sp³-hybridized carbons (Fsp3) is 0.429. The highest BCUT2D eigenvalue weighted by Gasteiger charge is 2.21. The van der Waals surface area contributed by atoms with Gasteiger partial charge in [0.1, 0.15) is 17.7 Å². The van der Waals surface area contributed by atoms with Gasteiger partial charge < -0.3 is 10.4 Å². The maximum absolute atomic E-state index is 13.4. The van der Waals surface area contributed by atoms with Crippen LogP contribution in [0.5, 0.6) is 0 Å². The number of carbonyl (C=O) groups is 2. The Morgan fingerprint density at radius 2 is 1.95 bits per heavy atom. The van der Waals surface area contributed by atoms with Gasteiger partial charge in [-0.2, -0.15) is 0 Å². The number of carbonyl (C=O) groups excluding carboxylic acids is 1. The van der Waals surface area contributed by atoms with E-state index >= 15 is 0 Å². The Bertz CT molecular complexity index is 503. The second-order valence-corrected chi connectivity index (χ2v) is 5.00. The van der Waals surface area contributed by atoms with Crippen LogP contribution in [0, 0.1) is 17.6 Å². The molecule has 0 aliphatic carbocycles. The van der Waals surface area contributed by atoms with Gasteiger partial charge in [0.05, 0.1) is 6.42 Å². The van der Waals surface area contributed by atoms with Gasteiger partial charge in [-0.1, -0.05) is 19.9 Å². The lowest BCUT2D eigenvalue weighted by Crippen LogP contribution is -2.42. The molecule has 1 atom stereocenters. The predicted octanol–water partition coefficient (Wildman–Crippen LogP) is 2.12. The smallest absolute Gasteiger partial charge is 0.326 e. The first-order chi connectivity index (χ1) is 9.29. The van der Waals surface area contributed by atoms with Crippen molar-refractivity contribution in [2.45, 2.75) is 32.7 Å². The number of nitrogens with one attached hydrogen (secondary N) is 1. The number of hydrogen-bond donors (Lipinski definition) is 2. The van der Waals surface area contributed by atoms with Crippen LogP contribution in [0.25, 0.3) is 0 Å². The van der Waals surface area contributed by atoms with E-state index < -0.39 is 29.6 Å². The van der Waals surface area contributed by atoms with Crippen LogP contribution in [0.1, 0.15) is 25.8 Å². The summed E-state index contributed by atoms with van der Waals surface area (Å²) in [7, 11) is 0. The van der Waals surface area contributed by atoms with Crippen LogP contribution in [0.15, 0.2) is 18.2 Å². The lowest BCUT2D eigenvalue weighted by atomic mass is 10.0. The third-order valence-electron chi connectivity index (χ3n) is 2.71. The number of rotatable bonds is 6. The highest BCUT2D eigenvalue weighted by Crippen LogP contribution is 2.11. The van der Waals surface area contributed by atoms with Gasteiger partial charge in [-0.05, 0) is 24.0 Å². The Balaban J connectivity index is 2.68. The average molecular weight is 285 g/mol. The first kappa shape index (κ1) is 16.1. The van der Waals surface area contributed by atoms with Gasteiger partial charge in [0, 0.05) is 6.07 Å². The fourth-order valence-electron chi connectivity index (χ4n) is 1.78. The topological polar surface area (TPSA) is 66.4 Å². The summed E-state index contributed by atoms with van der Waals surface area (Å²) in [6.07, 6.45) is -0.0407. The molecule has 1 aromatic carbocycles. The minimum atomic E-state index is -1.13. The van der Waals surface area contributed by atoms with Gasteiger partial charge in [-0.3, -0.25) is 4.79 Å². The molecule has 0 aliphatic heterocycles. The van der Waals surface area contributed by atoms with E-state index in [1.54, 1.807) is 0 Å². The lowest BCUT2D eigenvalue weighted by molar-refractivity contribution is -0.142. The zero-order chi connectivity index (χ0) is 15.3. The summed E-state index contributed by atoms with van der Waals surface area (Å²) in [5.74, 6) is -3.19. The molecule has 6 heteroatoms. The summed E-state index contributed by atoms with van der Waals surface area (Å²) in [4.78, 5) is 22.7. The van der Waals surface area contributed by atoms with Crippen LogP contribution in [-0.4, -0.2) is 23.0 Å². The van der Waals surface area contributed by atoms with Crippen molar-refractivity contribution in [3.63, 3.8) is 0 Å². The minimum absolute atomic E-state index is 0.0255. The molecule has 20 heavy (non-hydrogen) atoms. The van der Waals surface area contributed by atoms with Crippen molar-refractivity contribution < 1.29 is 23.5 Å². The van der Waals surface area contributed by atoms with E-state index in [-0.39, 0.29) is 24.3 Å². The Hall–Kier alpha value is -1.98. The van der Waals surface area contributed by atoms with Crippen LogP contribution in [0.3, 0.4) is 0 Å². The van der Waals surface area contributed by atoms with Crippen molar-refractivity contribution in [3.8, 4) is 0 Å². The molecule has 0 saturated heterocycles. The van der Waals surface area contributed by atoms with Gasteiger partial charge in [-0.15, -0.1) is 0 Å². The number of benzene rings is 1. The van der Waals surface area contributed by atoms with E-state index in [9.17, 15) is 18.4 Å². The van der Waals surface area contributed by atoms with Crippen molar-refractivity contribution >= 4 is 11.9 Å². The van der Waals surface area contributed by atoms with E-state index in [2.05, 4.69) is 5.32 Å². The quantitative estimate of drug-likeness (QED) is 0.841. The van der Waals surface area contributed by atoms with Crippen LogP contribution < -0.4 is 5.32 Å². The number of carboxylic acid groups (broad SMARTS) is 1. The van der Waals surface area contributed by atoms with Crippen molar-refractivity contribution in [2.75, 3.05) is 0 Å². The van der Waals surface area contributed by atoms with Gasteiger partial charge in [0.15, 0.2) is 0 Å². The van der Waals surface area contributed by atoms with Gasteiger partial charge in [-0.25, -0.2) is 13.6 Å². The van der Waals surface area contributed by atoms with E-state index in [4.69, 9.17) is 5.11 Å². The predicted molar refractivity (Wildman–Crippen MR) is 69.1 cm³/mol. The van der Waals surface area contributed by atoms with Gasteiger partial charge >= 0.3 is 5.97 Å². The summed E-state index contributed by atoms with van der Waals surface area (Å²) in [6, 6.07) is 1.90. The SMILES string of the molecule is CC(C)C[C@@H](NC(=O)Cc1ccc(F)cc1F)C(=O)O. The molecule has 0 saturated carbocycles. The maximum Gasteiger partial charge on any atom is 0.326 e. The van der Waals surface area contributed by atoms with Crippen molar-refractivity contribution in [2.24, 2.45) is 5.92 Å². The Kier molecular flexibility index (Phi) is 5.61. The zero-order valence-corrected chi connectivity index (χ0v) is 11.3. The molecule has 4 nitrogen and oxygen atoms in total. The minimum Gasteiger partial charge on any atom is -0.480 e. The Morgan fingerprint density at radius 1 is 1.30 bits per heavy atom. The second-order valence-electron chi connectivity index (χ2n) is 5.00. The molecule has 0 fully saturated rings. The summed E-state index contributed by atoms with van der Waals surface area (Å²) >= 11 is 0. The zero-order valence-electron chi connectivity index (χ0n) is 11.3. The van der Waals surface area contributed by atoms with Crippen LogP contribution >= 0.6 is 0 Å². The molecule has 0 spiro atoms. The van der Waals surface area contributed by atoms with Gasteiger partial charge in [0.2, 0.25) is 5.91 Å². The molecule has 1 rings (SSSR count). The number of carboxylic acids is 1. The van der Waals surface area contributed by atoms with E-state index in [0.717, 1.165) is 6.07 Å². The number of halogens is 2. The molecular formula is C14H17F2NO3. The Labute approximate surface area is 115 Å². The highest BCUT2D eigenvalue weighted by atomic mass is 19.1. The molecule has 0 aromatic heterocycles. The Morgan fingerprint density at radius 3 is 2.45 bits per heavy atom. The van der Waals surface area contributed by atoms with E-state index in [1.165, 1.54) is 6.07 Å². The van der Waals surface area contributed by atoms with Crippen LogP contribution in [-0.2, 0) is 16.0 Å². The average Bonchev–Trinajstić information content (AvgIpc) is 2.31. The van der Waals surface area contributed by atoms with Crippen molar-refractivity contribution in [3.05, 3.63) is 35.4 Å². The second kappa shape index (κ2) is 6.98. The van der Waals surface area contributed by atoms with E-state index in [1.807, 2.05) is 13.8 Å². The molecule has 0 heterocycles. The molecule has 0 aliphatic rings. The first-order valence-corrected chi connectivity index (χ1v) is 6.25. The molecule has 1 amide bonds. The highest BCUT2D eigenvalue weighted by molar-refractivity contribution is 5.84. The van der Waals surface area contributed by atoms with Gasteiger partial charge in [0.25, 0.3) is 0 Å². The summed E-state index contributed by atoms with van der Waals surface area (Å²) in [6.45, 7) is 3.67. The molecule has 0 radical (unpaired) electrons. The largest absolute Gasteiger partial charge is 0.480 e. The molecule has 0 unspecified atom stereocenters. The fourth-order valence-corrected chi connectivity index (χ4v) is 1.78. The van der Waals surface area contributed by atoms with Crippen LogP contribution in [0.2, 0.25) is 0 Å². The number of amides is 1. The third-order valence-corrected chi connectivity index (χ3v) is 2.71. The summed E-state index contributed by atoms with van der Waals surface area (Å²) in [5.41, 5.74) is 0.0255. The van der Waals surface area contributed by atoms with Crippen LogP contribution in [0.4, 0.5) is 8.78 Å².